The van der Waals surface area contributed by atoms with Gasteiger partial charge in [0.1, 0.15) is 17.2 Å². The fourth-order valence-electron chi connectivity index (χ4n) is 2.67. The van der Waals surface area contributed by atoms with E-state index in [0.29, 0.717) is 22.9 Å². The predicted octanol–water partition coefficient (Wildman–Crippen LogP) is 4.14. The van der Waals surface area contributed by atoms with E-state index in [1.54, 1.807) is 24.7 Å². The van der Waals surface area contributed by atoms with Crippen molar-refractivity contribution < 1.29 is 18.0 Å². The molecule has 0 aliphatic rings. The summed E-state index contributed by atoms with van der Waals surface area (Å²) >= 11 is 1.54. The number of carbonyl (C=O) groups excluding carboxylic acids is 1. The zero-order valence-corrected chi connectivity index (χ0v) is 16.5. The summed E-state index contributed by atoms with van der Waals surface area (Å²) in [6.07, 6.45) is -3.38. The molecule has 10 heteroatoms. The zero-order chi connectivity index (χ0) is 20.6. The topological polar surface area (TPSA) is 63.9 Å². The molecule has 1 amide bonds. The predicted molar refractivity (Wildman–Crippen MR) is 102 cm³/mol. The molecule has 0 radical (unpaired) electrons. The minimum atomic E-state index is -4.54. The van der Waals surface area contributed by atoms with Crippen LogP contribution in [-0.4, -0.2) is 38.2 Å². The quantitative estimate of drug-likeness (QED) is 0.606. The highest BCUT2D eigenvalue weighted by Gasteiger charge is 2.33. The first-order valence-electron chi connectivity index (χ1n) is 8.41. The van der Waals surface area contributed by atoms with Crippen molar-refractivity contribution in [1.82, 2.24) is 19.5 Å². The zero-order valence-electron chi connectivity index (χ0n) is 15.7. The Hall–Kier alpha value is -2.62. The maximum absolute atomic E-state index is 13.0. The molecular weight excluding hydrogens is 391 g/mol. The molecule has 0 saturated carbocycles. The van der Waals surface area contributed by atoms with Crippen LogP contribution in [0.1, 0.15) is 19.5 Å². The van der Waals surface area contributed by atoms with Crippen LogP contribution in [0.5, 0.6) is 0 Å². The molecule has 0 N–H and O–H groups in total. The summed E-state index contributed by atoms with van der Waals surface area (Å²) in [6.45, 7) is 3.41. The molecule has 0 saturated heterocycles. The van der Waals surface area contributed by atoms with Crippen LogP contribution in [0.25, 0.3) is 22.6 Å². The lowest BCUT2D eigenvalue weighted by molar-refractivity contribution is -0.141. The van der Waals surface area contributed by atoms with Gasteiger partial charge in [-0.15, -0.1) is 11.8 Å². The van der Waals surface area contributed by atoms with Crippen molar-refractivity contribution in [3.05, 3.63) is 30.1 Å². The van der Waals surface area contributed by atoms with Gasteiger partial charge in [0.25, 0.3) is 0 Å². The number of nitrogens with zero attached hydrogens (tertiary/aromatic N) is 5. The number of imidazole rings is 1. The number of aryl methyl sites for hydroxylation is 1. The smallest absolute Gasteiger partial charge is 0.325 e. The number of carbonyl (C=O) groups is 1. The second-order valence-electron chi connectivity index (χ2n) is 6.08. The van der Waals surface area contributed by atoms with E-state index in [1.165, 1.54) is 23.6 Å². The number of aromatic nitrogens is 4. The number of rotatable bonds is 4. The average molecular weight is 409 g/mol. The third-order valence-electron chi connectivity index (χ3n) is 4.23. The SMILES string of the molecule is CCSc1ccc(N(C)C(C)=O)nc1-c1nc2cc(C(F)(F)F)ncc2n1C. The Bertz CT molecular complexity index is 1050. The standard InChI is InChI=1S/C18H18F3N5OS/c1-5-28-13-6-7-15(25(3)10(2)27)24-16(13)17-23-11-8-14(18(19,20)21)22-9-12(11)26(17)4/h6-9H,5H2,1-4H3. The normalized spacial score (nSPS) is 11.8. The van der Waals surface area contributed by atoms with Crippen molar-refractivity contribution in [3.8, 4) is 11.5 Å². The highest BCUT2D eigenvalue weighted by Crippen LogP contribution is 2.34. The molecular formula is C18H18F3N5OS. The Morgan fingerprint density at radius 3 is 2.61 bits per heavy atom. The van der Waals surface area contributed by atoms with E-state index in [1.807, 2.05) is 13.0 Å². The summed E-state index contributed by atoms with van der Waals surface area (Å²) in [5.74, 6) is 1.44. The van der Waals surface area contributed by atoms with Crippen LogP contribution in [0.15, 0.2) is 29.3 Å². The van der Waals surface area contributed by atoms with Crippen molar-refractivity contribution in [1.29, 1.82) is 0 Å². The maximum Gasteiger partial charge on any atom is 0.433 e. The fourth-order valence-corrected chi connectivity index (χ4v) is 3.42. The molecule has 0 fully saturated rings. The molecule has 0 aliphatic carbocycles. The van der Waals surface area contributed by atoms with Gasteiger partial charge in [-0.2, -0.15) is 13.2 Å². The summed E-state index contributed by atoms with van der Waals surface area (Å²) in [5.41, 5.74) is 0.150. The number of alkyl halides is 3. The number of amides is 1. The van der Waals surface area contributed by atoms with Gasteiger partial charge in [0, 0.05) is 25.9 Å². The number of hydrogen-bond acceptors (Lipinski definition) is 5. The Morgan fingerprint density at radius 1 is 1.29 bits per heavy atom. The van der Waals surface area contributed by atoms with Crippen LogP contribution in [0.4, 0.5) is 19.0 Å². The monoisotopic (exact) mass is 409 g/mol. The summed E-state index contributed by atoms with van der Waals surface area (Å²) in [7, 11) is 3.30. The van der Waals surface area contributed by atoms with Crippen LogP contribution in [-0.2, 0) is 18.0 Å². The van der Waals surface area contributed by atoms with E-state index in [4.69, 9.17) is 0 Å². The Labute approximate surface area is 163 Å². The molecule has 0 aromatic carbocycles. The van der Waals surface area contributed by atoms with Crippen LogP contribution in [0, 0.1) is 0 Å². The molecule has 0 spiro atoms. The first kappa shape index (κ1) is 20.1. The Kier molecular flexibility index (Phi) is 5.33. The molecule has 3 aromatic rings. The highest BCUT2D eigenvalue weighted by atomic mass is 32.2. The van der Waals surface area contributed by atoms with Gasteiger partial charge in [-0.05, 0) is 24.0 Å². The van der Waals surface area contributed by atoms with Crippen LogP contribution in [0.2, 0.25) is 0 Å². The first-order chi connectivity index (χ1) is 13.1. The van der Waals surface area contributed by atoms with Gasteiger partial charge >= 0.3 is 6.18 Å². The van der Waals surface area contributed by atoms with E-state index in [9.17, 15) is 18.0 Å². The van der Waals surface area contributed by atoms with E-state index in [0.717, 1.165) is 22.9 Å². The summed E-state index contributed by atoms with van der Waals surface area (Å²) in [6, 6.07) is 4.50. The molecule has 3 rings (SSSR count). The van der Waals surface area contributed by atoms with Gasteiger partial charge in [-0.3, -0.25) is 4.79 Å². The first-order valence-corrected chi connectivity index (χ1v) is 9.40. The van der Waals surface area contributed by atoms with Crippen LogP contribution in [0.3, 0.4) is 0 Å². The molecule has 148 valence electrons. The molecule has 3 heterocycles. The molecule has 0 atom stereocenters. The number of anilines is 1. The van der Waals surface area contributed by atoms with Crippen molar-refractivity contribution in [2.45, 2.75) is 24.9 Å². The van der Waals surface area contributed by atoms with Gasteiger partial charge in [0.05, 0.1) is 17.2 Å². The number of fused-ring (bicyclic) bond motifs is 1. The number of pyridine rings is 2. The average Bonchev–Trinajstić information content (AvgIpc) is 2.97. The summed E-state index contributed by atoms with van der Waals surface area (Å²) in [4.78, 5) is 26.4. The number of halogens is 3. The van der Waals surface area contributed by atoms with Crippen molar-refractivity contribution >= 4 is 34.5 Å². The van der Waals surface area contributed by atoms with Gasteiger partial charge in [-0.1, -0.05) is 6.92 Å². The molecule has 0 unspecified atom stereocenters. The van der Waals surface area contributed by atoms with E-state index in [2.05, 4.69) is 15.0 Å². The lowest BCUT2D eigenvalue weighted by Crippen LogP contribution is -2.24. The molecule has 28 heavy (non-hydrogen) atoms. The van der Waals surface area contributed by atoms with Crippen molar-refractivity contribution in [2.75, 3.05) is 17.7 Å². The van der Waals surface area contributed by atoms with Gasteiger partial charge in [0.2, 0.25) is 5.91 Å². The van der Waals surface area contributed by atoms with Crippen LogP contribution < -0.4 is 4.90 Å². The third-order valence-corrected chi connectivity index (χ3v) is 5.16. The molecule has 0 bridgehead atoms. The van der Waals surface area contributed by atoms with Gasteiger partial charge in [-0.25, -0.2) is 15.0 Å². The van der Waals surface area contributed by atoms with E-state index < -0.39 is 11.9 Å². The van der Waals surface area contributed by atoms with Crippen molar-refractivity contribution in [2.24, 2.45) is 7.05 Å². The molecule has 6 nitrogen and oxygen atoms in total. The van der Waals surface area contributed by atoms with Gasteiger partial charge in [0.15, 0.2) is 5.82 Å². The van der Waals surface area contributed by atoms with Gasteiger partial charge < -0.3 is 9.47 Å². The minimum Gasteiger partial charge on any atom is -0.325 e. The lowest BCUT2D eigenvalue weighted by Gasteiger charge is -2.16. The Morgan fingerprint density at radius 2 is 2.00 bits per heavy atom. The number of thioether (sulfide) groups is 1. The lowest BCUT2D eigenvalue weighted by atomic mass is 10.3. The second-order valence-corrected chi connectivity index (χ2v) is 7.38. The summed E-state index contributed by atoms with van der Waals surface area (Å²) < 4.78 is 40.6. The van der Waals surface area contributed by atoms with E-state index in [-0.39, 0.29) is 11.4 Å². The van der Waals surface area contributed by atoms with Crippen molar-refractivity contribution in [3.63, 3.8) is 0 Å². The molecule has 3 aromatic heterocycles. The third kappa shape index (κ3) is 3.68. The maximum atomic E-state index is 13.0. The van der Waals surface area contributed by atoms with E-state index >= 15 is 0 Å². The number of hydrogen-bond donors (Lipinski definition) is 0. The second kappa shape index (κ2) is 7.42. The largest absolute Gasteiger partial charge is 0.433 e. The summed E-state index contributed by atoms with van der Waals surface area (Å²) in [5, 5.41) is 0. The molecule has 0 aliphatic heterocycles. The Balaban J connectivity index is 2.20. The highest BCUT2D eigenvalue weighted by molar-refractivity contribution is 7.99. The fraction of sp³-hybridized carbons (Fsp3) is 0.333. The minimum absolute atomic E-state index is 0.180. The van der Waals surface area contributed by atoms with Crippen LogP contribution >= 0.6 is 11.8 Å².